The second kappa shape index (κ2) is 10.3. The van der Waals surface area contributed by atoms with E-state index in [1.807, 2.05) is 30.2 Å². The maximum absolute atomic E-state index is 4.26. The molecule has 0 saturated carbocycles. The van der Waals surface area contributed by atoms with Crippen LogP contribution in [0.2, 0.25) is 0 Å². The minimum absolute atomic E-state index is 0. The van der Waals surface area contributed by atoms with Gasteiger partial charge >= 0.3 is 0 Å². The molecule has 2 aromatic rings. The number of hydrogen-bond acceptors (Lipinski definition) is 2. The third-order valence-electron chi connectivity index (χ3n) is 3.63. The highest BCUT2D eigenvalue weighted by molar-refractivity contribution is 14.0. The van der Waals surface area contributed by atoms with E-state index in [4.69, 9.17) is 0 Å². The van der Waals surface area contributed by atoms with Crippen molar-refractivity contribution in [1.82, 2.24) is 20.4 Å². The van der Waals surface area contributed by atoms with E-state index in [1.165, 1.54) is 11.1 Å². The van der Waals surface area contributed by atoms with Gasteiger partial charge < -0.3 is 10.6 Å². The first-order chi connectivity index (χ1) is 10.7. The Bertz CT molecular complexity index is 594. The van der Waals surface area contributed by atoms with Gasteiger partial charge in [-0.1, -0.05) is 37.3 Å². The summed E-state index contributed by atoms with van der Waals surface area (Å²) in [5, 5.41) is 10.9. The fourth-order valence-corrected chi connectivity index (χ4v) is 2.30. The van der Waals surface area contributed by atoms with Gasteiger partial charge in [-0.15, -0.1) is 24.0 Å². The Labute approximate surface area is 155 Å². The summed E-state index contributed by atoms with van der Waals surface area (Å²) in [5.74, 6) is 1.28. The number of rotatable bonds is 6. The van der Waals surface area contributed by atoms with Crippen LogP contribution in [0.4, 0.5) is 0 Å². The summed E-state index contributed by atoms with van der Waals surface area (Å²) in [6.45, 7) is 3.91. The molecule has 1 aromatic carbocycles. The maximum atomic E-state index is 4.26. The van der Waals surface area contributed by atoms with E-state index in [-0.39, 0.29) is 24.0 Å². The molecule has 6 heteroatoms. The molecule has 0 radical (unpaired) electrons. The number of benzene rings is 1. The summed E-state index contributed by atoms with van der Waals surface area (Å²) in [6.07, 6.45) is 4.87. The second-order valence-corrected chi connectivity index (χ2v) is 5.46. The van der Waals surface area contributed by atoms with Crippen molar-refractivity contribution in [2.24, 2.45) is 12.0 Å². The van der Waals surface area contributed by atoms with E-state index in [0.29, 0.717) is 5.92 Å². The zero-order chi connectivity index (χ0) is 15.8. The Morgan fingerprint density at radius 2 is 2.00 bits per heavy atom. The molecule has 0 saturated heterocycles. The predicted octanol–water partition coefficient (Wildman–Crippen LogP) is 2.55. The fourth-order valence-electron chi connectivity index (χ4n) is 2.30. The van der Waals surface area contributed by atoms with Gasteiger partial charge in [0.25, 0.3) is 0 Å². The van der Waals surface area contributed by atoms with Crippen molar-refractivity contribution in [2.75, 3.05) is 20.1 Å². The Morgan fingerprint density at radius 3 is 2.61 bits per heavy atom. The van der Waals surface area contributed by atoms with Crippen molar-refractivity contribution in [3.05, 3.63) is 53.9 Å². The standard InChI is InChI=1S/C17H25N5.HI/c1-14(16-7-5-4-6-8-16)11-20-17(18-2)19-10-9-15-12-21-22(3)13-15;/h4-8,12-14H,9-11H2,1-3H3,(H2,18,19,20);1H. The molecule has 23 heavy (non-hydrogen) atoms. The lowest BCUT2D eigenvalue weighted by Crippen LogP contribution is -2.39. The molecule has 126 valence electrons. The minimum atomic E-state index is 0. The van der Waals surface area contributed by atoms with Crippen molar-refractivity contribution >= 4 is 29.9 Å². The Balaban J connectivity index is 0.00000264. The first-order valence-corrected chi connectivity index (χ1v) is 7.66. The van der Waals surface area contributed by atoms with Gasteiger partial charge in [-0.05, 0) is 23.5 Å². The molecular formula is C17H26IN5. The van der Waals surface area contributed by atoms with Gasteiger partial charge in [-0.25, -0.2) is 0 Å². The fraction of sp³-hybridized carbons (Fsp3) is 0.412. The van der Waals surface area contributed by atoms with Crippen LogP contribution in [0.1, 0.15) is 24.0 Å². The van der Waals surface area contributed by atoms with Gasteiger partial charge in [0, 0.05) is 33.4 Å². The molecule has 0 aliphatic rings. The monoisotopic (exact) mass is 427 g/mol. The molecular weight excluding hydrogens is 401 g/mol. The molecule has 0 aliphatic carbocycles. The minimum Gasteiger partial charge on any atom is -0.356 e. The van der Waals surface area contributed by atoms with Gasteiger partial charge in [0.1, 0.15) is 0 Å². The summed E-state index contributed by atoms with van der Waals surface area (Å²) in [6, 6.07) is 10.5. The first kappa shape index (κ1) is 19.5. The summed E-state index contributed by atoms with van der Waals surface area (Å²) < 4.78 is 1.82. The Kier molecular flexibility index (Phi) is 8.68. The molecule has 2 N–H and O–H groups in total. The number of guanidine groups is 1. The van der Waals surface area contributed by atoms with Crippen LogP contribution in [0.3, 0.4) is 0 Å². The smallest absolute Gasteiger partial charge is 0.191 e. The van der Waals surface area contributed by atoms with Crippen LogP contribution >= 0.6 is 24.0 Å². The lowest BCUT2D eigenvalue weighted by atomic mass is 10.0. The molecule has 1 unspecified atom stereocenters. The van der Waals surface area contributed by atoms with Crippen LogP contribution in [0, 0.1) is 0 Å². The molecule has 0 fully saturated rings. The van der Waals surface area contributed by atoms with Gasteiger partial charge in [0.15, 0.2) is 5.96 Å². The predicted molar refractivity (Wildman–Crippen MR) is 107 cm³/mol. The van der Waals surface area contributed by atoms with Crippen LogP contribution in [0.15, 0.2) is 47.7 Å². The van der Waals surface area contributed by atoms with Crippen LogP contribution < -0.4 is 10.6 Å². The average Bonchev–Trinajstić information content (AvgIpc) is 2.96. The van der Waals surface area contributed by atoms with Crippen molar-refractivity contribution in [3.63, 3.8) is 0 Å². The Hall–Kier alpha value is -1.57. The SMILES string of the molecule is CN=C(NCCc1cnn(C)c1)NCC(C)c1ccccc1.I. The normalized spacial score (nSPS) is 12.4. The van der Waals surface area contributed by atoms with E-state index in [1.54, 1.807) is 7.05 Å². The zero-order valence-corrected chi connectivity index (χ0v) is 16.3. The number of nitrogens with zero attached hydrogens (tertiary/aromatic N) is 3. The highest BCUT2D eigenvalue weighted by Crippen LogP contribution is 2.12. The maximum Gasteiger partial charge on any atom is 0.191 e. The van der Waals surface area contributed by atoms with E-state index in [0.717, 1.165) is 25.5 Å². The second-order valence-electron chi connectivity index (χ2n) is 5.46. The largest absolute Gasteiger partial charge is 0.356 e. The van der Waals surface area contributed by atoms with E-state index in [9.17, 15) is 0 Å². The molecule has 0 amide bonds. The summed E-state index contributed by atoms with van der Waals surface area (Å²) in [5.41, 5.74) is 2.56. The number of aliphatic imine (C=N–C) groups is 1. The quantitative estimate of drug-likeness (QED) is 0.423. The number of hydrogen-bond donors (Lipinski definition) is 2. The third-order valence-corrected chi connectivity index (χ3v) is 3.63. The molecule has 5 nitrogen and oxygen atoms in total. The Morgan fingerprint density at radius 1 is 1.26 bits per heavy atom. The topological polar surface area (TPSA) is 54.2 Å². The van der Waals surface area contributed by atoms with Gasteiger partial charge in [-0.3, -0.25) is 9.67 Å². The van der Waals surface area contributed by atoms with Crippen LogP contribution in [0.25, 0.3) is 0 Å². The number of aryl methyl sites for hydroxylation is 1. The van der Waals surface area contributed by atoms with Gasteiger partial charge in [0.2, 0.25) is 0 Å². The van der Waals surface area contributed by atoms with Gasteiger partial charge in [-0.2, -0.15) is 5.10 Å². The van der Waals surface area contributed by atoms with Crippen molar-refractivity contribution in [1.29, 1.82) is 0 Å². The molecule has 1 heterocycles. The molecule has 1 aromatic heterocycles. The molecule has 1 atom stereocenters. The molecule has 2 rings (SSSR count). The lowest BCUT2D eigenvalue weighted by Gasteiger charge is -2.16. The van der Waals surface area contributed by atoms with E-state index < -0.39 is 0 Å². The van der Waals surface area contributed by atoms with Crippen molar-refractivity contribution in [3.8, 4) is 0 Å². The van der Waals surface area contributed by atoms with Gasteiger partial charge in [0.05, 0.1) is 6.20 Å². The summed E-state index contributed by atoms with van der Waals surface area (Å²) >= 11 is 0. The first-order valence-electron chi connectivity index (χ1n) is 7.66. The van der Waals surface area contributed by atoms with Crippen molar-refractivity contribution in [2.45, 2.75) is 19.3 Å². The number of aromatic nitrogens is 2. The van der Waals surface area contributed by atoms with Crippen LogP contribution in [-0.2, 0) is 13.5 Å². The van der Waals surface area contributed by atoms with Crippen LogP contribution in [0.5, 0.6) is 0 Å². The summed E-state index contributed by atoms with van der Waals surface area (Å²) in [4.78, 5) is 4.26. The lowest BCUT2D eigenvalue weighted by molar-refractivity contribution is 0.697. The average molecular weight is 427 g/mol. The number of nitrogens with one attached hydrogen (secondary N) is 2. The molecule has 0 bridgehead atoms. The van der Waals surface area contributed by atoms with Crippen LogP contribution in [-0.4, -0.2) is 35.9 Å². The molecule has 0 aliphatic heterocycles. The molecule has 0 spiro atoms. The highest BCUT2D eigenvalue weighted by Gasteiger charge is 2.06. The van der Waals surface area contributed by atoms with E-state index in [2.05, 4.69) is 51.9 Å². The third kappa shape index (κ3) is 6.60. The van der Waals surface area contributed by atoms with Crippen molar-refractivity contribution < 1.29 is 0 Å². The summed E-state index contributed by atoms with van der Waals surface area (Å²) in [7, 11) is 3.73. The van der Waals surface area contributed by atoms with E-state index >= 15 is 0 Å². The number of halogens is 1. The zero-order valence-electron chi connectivity index (χ0n) is 14.0. The highest BCUT2D eigenvalue weighted by atomic mass is 127.